The number of β-amino-alcohol motifs (C(OH)–C–C–N with tert-alkyl or cyclic N) is 1. The van der Waals surface area contributed by atoms with Gasteiger partial charge in [-0.2, -0.15) is 4.98 Å². The van der Waals surface area contributed by atoms with E-state index in [2.05, 4.69) is 21.1 Å². The van der Waals surface area contributed by atoms with Gasteiger partial charge >= 0.3 is 0 Å². The fourth-order valence-electron chi connectivity index (χ4n) is 3.60. The van der Waals surface area contributed by atoms with E-state index in [4.69, 9.17) is 4.52 Å². The van der Waals surface area contributed by atoms with Gasteiger partial charge in [-0.15, -0.1) is 0 Å². The summed E-state index contributed by atoms with van der Waals surface area (Å²) in [5.74, 6) is 0.913. The number of hydrogen-bond donors (Lipinski definition) is 1. The van der Waals surface area contributed by atoms with Crippen LogP contribution in [0.3, 0.4) is 0 Å². The standard InChI is InChI=1S/C17H20N4O3/c1-11-18-17(24-19-11)15-8-13(22)9-21(15)16(23)10-20-7-6-12-4-2-3-5-14(12)20/h2-5,13,15,22H,6-10H2,1H3/t13-,15-/m1/s1. The van der Waals surface area contributed by atoms with Gasteiger partial charge in [-0.25, -0.2) is 0 Å². The first-order valence-electron chi connectivity index (χ1n) is 8.22. The number of likely N-dealkylation sites (tertiary alicyclic amines) is 1. The lowest BCUT2D eigenvalue weighted by atomic mass is 10.2. The third kappa shape index (κ3) is 2.65. The van der Waals surface area contributed by atoms with E-state index in [1.807, 2.05) is 18.2 Å². The maximum Gasteiger partial charge on any atom is 0.249 e. The molecule has 1 fully saturated rings. The Balaban J connectivity index is 1.51. The highest BCUT2D eigenvalue weighted by Gasteiger charge is 2.39. The molecule has 1 N–H and O–H groups in total. The number of carbonyl (C=O) groups excluding carboxylic acids is 1. The number of para-hydroxylation sites is 1. The zero-order chi connectivity index (χ0) is 16.7. The van der Waals surface area contributed by atoms with Gasteiger partial charge in [0.15, 0.2) is 5.82 Å². The van der Waals surface area contributed by atoms with E-state index in [-0.39, 0.29) is 11.9 Å². The van der Waals surface area contributed by atoms with Gasteiger partial charge in [0.05, 0.1) is 12.6 Å². The zero-order valence-electron chi connectivity index (χ0n) is 13.6. The summed E-state index contributed by atoms with van der Waals surface area (Å²) >= 11 is 0. The monoisotopic (exact) mass is 328 g/mol. The number of fused-ring (bicyclic) bond motifs is 1. The Morgan fingerprint density at radius 2 is 2.25 bits per heavy atom. The Kier molecular flexibility index (Phi) is 3.72. The molecule has 24 heavy (non-hydrogen) atoms. The average molecular weight is 328 g/mol. The van der Waals surface area contributed by atoms with Crippen LogP contribution in [0.15, 0.2) is 28.8 Å². The SMILES string of the molecule is Cc1noc([C@H]2C[C@@H](O)CN2C(=O)CN2CCc3ccccc32)n1. The van der Waals surface area contributed by atoms with Gasteiger partial charge in [0.1, 0.15) is 6.04 Å². The lowest BCUT2D eigenvalue weighted by Crippen LogP contribution is -2.40. The van der Waals surface area contributed by atoms with Gasteiger partial charge in [-0.3, -0.25) is 4.79 Å². The van der Waals surface area contributed by atoms with Crippen LogP contribution in [0.2, 0.25) is 0 Å². The molecule has 2 atom stereocenters. The van der Waals surface area contributed by atoms with E-state index < -0.39 is 6.10 Å². The van der Waals surface area contributed by atoms with Crippen LogP contribution >= 0.6 is 0 Å². The van der Waals surface area contributed by atoms with Crippen molar-refractivity contribution in [1.29, 1.82) is 0 Å². The normalized spacial score (nSPS) is 22.9. The summed E-state index contributed by atoms with van der Waals surface area (Å²) in [7, 11) is 0. The number of aliphatic hydroxyl groups is 1. The summed E-state index contributed by atoms with van der Waals surface area (Å²) in [4.78, 5) is 20.8. The van der Waals surface area contributed by atoms with Crippen LogP contribution in [0.5, 0.6) is 0 Å². The van der Waals surface area contributed by atoms with Crippen molar-refractivity contribution in [1.82, 2.24) is 15.0 Å². The lowest BCUT2D eigenvalue weighted by molar-refractivity contribution is -0.131. The molecule has 1 saturated heterocycles. The van der Waals surface area contributed by atoms with Gasteiger partial charge in [0.25, 0.3) is 0 Å². The van der Waals surface area contributed by atoms with Crippen molar-refractivity contribution in [3.8, 4) is 0 Å². The highest BCUT2D eigenvalue weighted by atomic mass is 16.5. The predicted octanol–water partition coefficient (Wildman–Crippen LogP) is 1.08. The third-order valence-electron chi connectivity index (χ3n) is 4.74. The van der Waals surface area contributed by atoms with Crippen LogP contribution < -0.4 is 4.90 Å². The number of anilines is 1. The largest absolute Gasteiger partial charge is 0.391 e. The van der Waals surface area contributed by atoms with Crippen molar-refractivity contribution in [3.05, 3.63) is 41.5 Å². The van der Waals surface area contributed by atoms with Crippen molar-refractivity contribution in [3.63, 3.8) is 0 Å². The van der Waals surface area contributed by atoms with Crippen LogP contribution in [0.4, 0.5) is 5.69 Å². The smallest absolute Gasteiger partial charge is 0.249 e. The summed E-state index contributed by atoms with van der Waals surface area (Å²) in [5, 5.41) is 13.8. The molecule has 0 aliphatic carbocycles. The van der Waals surface area contributed by atoms with E-state index in [1.54, 1.807) is 11.8 Å². The molecule has 2 aromatic rings. The Bertz CT molecular complexity index is 760. The second-order valence-corrected chi connectivity index (χ2v) is 6.43. The van der Waals surface area contributed by atoms with Gasteiger partial charge in [-0.05, 0) is 25.0 Å². The molecule has 1 aromatic carbocycles. The zero-order valence-corrected chi connectivity index (χ0v) is 13.6. The van der Waals surface area contributed by atoms with E-state index in [1.165, 1.54) is 5.56 Å². The number of aliphatic hydroxyl groups excluding tert-OH is 1. The van der Waals surface area contributed by atoms with E-state index in [9.17, 15) is 9.90 Å². The number of nitrogens with zero attached hydrogens (tertiary/aromatic N) is 4. The number of amides is 1. The summed E-state index contributed by atoms with van der Waals surface area (Å²) in [6.07, 6.45) is 0.833. The first-order chi connectivity index (χ1) is 11.6. The van der Waals surface area contributed by atoms with Crippen molar-refractivity contribution >= 4 is 11.6 Å². The van der Waals surface area contributed by atoms with Gasteiger partial charge in [0, 0.05) is 25.2 Å². The van der Waals surface area contributed by atoms with Crippen molar-refractivity contribution in [2.75, 3.05) is 24.5 Å². The number of benzene rings is 1. The van der Waals surface area contributed by atoms with Crippen LogP contribution in [-0.2, 0) is 11.2 Å². The fraction of sp³-hybridized carbons (Fsp3) is 0.471. The molecular formula is C17H20N4O3. The molecule has 0 bridgehead atoms. The Labute approximate surface area is 139 Å². The van der Waals surface area contributed by atoms with E-state index in [0.717, 1.165) is 18.7 Å². The first-order valence-corrected chi connectivity index (χ1v) is 8.22. The molecule has 2 aliphatic rings. The Hall–Kier alpha value is -2.41. The van der Waals surface area contributed by atoms with Crippen LogP contribution in [0.1, 0.15) is 29.7 Å². The molecule has 1 amide bonds. The second-order valence-electron chi connectivity index (χ2n) is 6.43. The van der Waals surface area contributed by atoms with Crippen LogP contribution in [-0.4, -0.2) is 51.8 Å². The third-order valence-corrected chi connectivity index (χ3v) is 4.74. The molecule has 0 saturated carbocycles. The highest BCUT2D eigenvalue weighted by Crippen LogP contribution is 2.32. The average Bonchev–Trinajstić information content (AvgIpc) is 3.26. The van der Waals surface area contributed by atoms with Gasteiger partial charge in [-0.1, -0.05) is 23.4 Å². The van der Waals surface area contributed by atoms with Crippen molar-refractivity contribution < 1.29 is 14.4 Å². The number of hydrogen-bond acceptors (Lipinski definition) is 6. The number of rotatable bonds is 3. The van der Waals surface area contributed by atoms with Crippen LogP contribution in [0, 0.1) is 6.92 Å². The first kappa shape index (κ1) is 15.1. The minimum absolute atomic E-state index is 0.0240. The minimum Gasteiger partial charge on any atom is -0.391 e. The second kappa shape index (κ2) is 5.90. The molecular weight excluding hydrogens is 308 g/mol. The molecule has 0 radical (unpaired) electrons. The highest BCUT2D eigenvalue weighted by molar-refractivity contribution is 5.83. The quantitative estimate of drug-likeness (QED) is 0.908. The molecule has 0 spiro atoms. The number of aryl methyl sites for hydroxylation is 1. The molecule has 7 nitrogen and oxygen atoms in total. The van der Waals surface area contributed by atoms with E-state index >= 15 is 0 Å². The Morgan fingerprint density at radius 3 is 3.04 bits per heavy atom. The topological polar surface area (TPSA) is 82.7 Å². The van der Waals surface area contributed by atoms with Crippen molar-refractivity contribution in [2.45, 2.75) is 31.9 Å². The summed E-state index contributed by atoms with van der Waals surface area (Å²) in [6.45, 7) is 3.19. The molecule has 1 aromatic heterocycles. The minimum atomic E-state index is -0.558. The van der Waals surface area contributed by atoms with Crippen molar-refractivity contribution in [2.24, 2.45) is 0 Å². The van der Waals surface area contributed by atoms with E-state index in [0.29, 0.717) is 31.2 Å². The lowest BCUT2D eigenvalue weighted by Gasteiger charge is -2.26. The maximum absolute atomic E-state index is 12.8. The summed E-state index contributed by atoms with van der Waals surface area (Å²) in [6, 6.07) is 7.82. The van der Waals surface area contributed by atoms with Crippen LogP contribution in [0.25, 0.3) is 0 Å². The molecule has 126 valence electrons. The fourth-order valence-corrected chi connectivity index (χ4v) is 3.60. The molecule has 4 rings (SSSR count). The summed E-state index contributed by atoms with van der Waals surface area (Å²) < 4.78 is 5.22. The maximum atomic E-state index is 12.8. The molecule has 3 heterocycles. The Morgan fingerprint density at radius 1 is 1.42 bits per heavy atom. The summed E-state index contributed by atoms with van der Waals surface area (Å²) in [5.41, 5.74) is 2.40. The molecule has 2 aliphatic heterocycles. The number of carbonyl (C=O) groups is 1. The number of aromatic nitrogens is 2. The van der Waals surface area contributed by atoms with Gasteiger partial charge in [0.2, 0.25) is 11.8 Å². The molecule has 0 unspecified atom stereocenters. The molecule has 7 heteroatoms. The predicted molar refractivity (Wildman–Crippen MR) is 86.5 cm³/mol. The van der Waals surface area contributed by atoms with Gasteiger partial charge < -0.3 is 19.4 Å².